The first kappa shape index (κ1) is 18.5. The zero-order valence-corrected chi connectivity index (χ0v) is 14.7. The molecule has 1 aromatic heterocycles. The molecule has 0 bridgehead atoms. The van der Waals surface area contributed by atoms with Crippen LogP contribution in [0.25, 0.3) is 11.1 Å². The molecule has 1 aliphatic rings. The average molecular weight is 391 g/mol. The smallest absolute Gasteiger partial charge is 0.288 e. The third-order valence-corrected chi connectivity index (χ3v) is 3.82. The molecule has 0 unspecified atom stereocenters. The van der Waals surface area contributed by atoms with Crippen LogP contribution in [0.3, 0.4) is 0 Å². The van der Waals surface area contributed by atoms with E-state index in [-0.39, 0.29) is 22.8 Å². The molecule has 128 valence electrons. The topological polar surface area (TPSA) is 74.5 Å². The molecule has 0 radical (unpaired) electrons. The van der Waals surface area contributed by atoms with Gasteiger partial charge in [-0.1, -0.05) is 11.6 Å². The Morgan fingerprint density at radius 2 is 2.08 bits per heavy atom. The van der Waals surface area contributed by atoms with Gasteiger partial charge in [-0.25, -0.2) is 4.98 Å². The Bertz CT molecular complexity index is 753. The Morgan fingerprint density at radius 3 is 2.71 bits per heavy atom. The minimum atomic E-state index is -0.495. The number of hydrogen-bond acceptors (Lipinski definition) is 5. The van der Waals surface area contributed by atoms with Crippen molar-refractivity contribution in [1.29, 1.82) is 0 Å². The third-order valence-electron chi connectivity index (χ3n) is 3.61. The van der Waals surface area contributed by atoms with E-state index in [1.165, 1.54) is 26.0 Å². The van der Waals surface area contributed by atoms with E-state index in [9.17, 15) is 10.1 Å². The van der Waals surface area contributed by atoms with Gasteiger partial charge in [0.15, 0.2) is 0 Å². The van der Waals surface area contributed by atoms with Crippen molar-refractivity contribution >= 4 is 17.3 Å². The van der Waals surface area contributed by atoms with Crippen molar-refractivity contribution in [2.45, 2.75) is 12.8 Å². The number of nitrogens with zero attached hydrogens (tertiary/aromatic N) is 2. The van der Waals surface area contributed by atoms with E-state index in [0.29, 0.717) is 40.3 Å². The normalized spacial score (nSPS) is 13.1. The van der Waals surface area contributed by atoms with Crippen molar-refractivity contribution in [2.24, 2.45) is 5.92 Å². The second kappa shape index (κ2) is 7.83. The molecule has 0 aliphatic heterocycles. The van der Waals surface area contributed by atoms with Gasteiger partial charge in [0.25, 0.3) is 5.69 Å². The van der Waals surface area contributed by atoms with Crippen molar-refractivity contribution in [3.63, 3.8) is 0 Å². The molecule has 1 aromatic carbocycles. The first-order chi connectivity index (χ1) is 11.1. The fraction of sp³-hybridized carbons (Fsp3) is 0.312. The number of hydrogen-bond donors (Lipinski definition) is 0. The summed E-state index contributed by atoms with van der Waals surface area (Å²) in [5.74, 6) is 1.55. The molecule has 1 fully saturated rings. The van der Waals surface area contributed by atoms with Crippen molar-refractivity contribution in [2.75, 3.05) is 13.7 Å². The van der Waals surface area contributed by atoms with Gasteiger partial charge in [-0.3, -0.25) is 10.1 Å². The van der Waals surface area contributed by atoms with Crippen LogP contribution in [-0.2, 0) is 17.1 Å². The van der Waals surface area contributed by atoms with Gasteiger partial charge in [0.05, 0.1) is 24.2 Å². The number of methoxy groups -OCH3 is 1. The van der Waals surface area contributed by atoms with Crippen molar-refractivity contribution in [1.82, 2.24) is 4.98 Å². The van der Waals surface area contributed by atoms with Crippen LogP contribution in [0, 0.1) is 16.0 Å². The summed E-state index contributed by atoms with van der Waals surface area (Å²) in [5, 5.41) is 11.5. The van der Waals surface area contributed by atoms with Crippen LogP contribution in [0.2, 0.25) is 5.02 Å². The molecule has 0 amide bonds. The summed E-state index contributed by atoms with van der Waals surface area (Å²) in [4.78, 5) is 14.5. The Kier molecular flexibility index (Phi) is 6.04. The second-order valence-corrected chi connectivity index (χ2v) is 5.87. The summed E-state index contributed by atoms with van der Waals surface area (Å²) in [7, 11) is 1.46. The van der Waals surface area contributed by atoms with E-state index < -0.39 is 4.92 Å². The molecule has 6 nitrogen and oxygen atoms in total. The number of benzene rings is 1. The van der Waals surface area contributed by atoms with Gasteiger partial charge in [-0.15, -0.1) is 0 Å². The van der Waals surface area contributed by atoms with E-state index in [4.69, 9.17) is 21.1 Å². The van der Waals surface area contributed by atoms with E-state index >= 15 is 0 Å². The number of rotatable bonds is 6. The third kappa shape index (κ3) is 4.38. The molecule has 0 saturated heterocycles. The van der Waals surface area contributed by atoms with E-state index in [1.807, 2.05) is 0 Å². The summed E-state index contributed by atoms with van der Waals surface area (Å²) in [5.41, 5.74) is 1.05. The van der Waals surface area contributed by atoms with Crippen LogP contribution in [0.4, 0.5) is 5.69 Å². The van der Waals surface area contributed by atoms with E-state index in [1.54, 1.807) is 18.2 Å². The molecular formula is C16H15ClFeN2O4. The molecule has 1 saturated carbocycles. The van der Waals surface area contributed by atoms with Crippen LogP contribution >= 0.6 is 11.6 Å². The van der Waals surface area contributed by atoms with Crippen LogP contribution in [0.5, 0.6) is 11.6 Å². The van der Waals surface area contributed by atoms with Gasteiger partial charge >= 0.3 is 0 Å². The molecule has 1 heterocycles. The summed E-state index contributed by atoms with van der Waals surface area (Å²) in [6.07, 6.45) is 3.55. The monoisotopic (exact) mass is 390 g/mol. The summed E-state index contributed by atoms with van der Waals surface area (Å²) >= 11 is 6.15. The molecule has 2 aromatic rings. The van der Waals surface area contributed by atoms with Crippen LogP contribution in [0.1, 0.15) is 12.8 Å². The number of halogens is 1. The molecule has 8 heteroatoms. The average Bonchev–Trinajstić information content (AvgIpc) is 3.36. The first-order valence-electron chi connectivity index (χ1n) is 7.19. The fourth-order valence-electron chi connectivity index (χ4n) is 2.21. The van der Waals surface area contributed by atoms with Crippen molar-refractivity contribution < 1.29 is 31.5 Å². The minimum absolute atomic E-state index is 0. The van der Waals surface area contributed by atoms with Gasteiger partial charge in [0.2, 0.25) is 5.88 Å². The molecule has 0 spiro atoms. The van der Waals surface area contributed by atoms with Gasteiger partial charge in [-0.2, -0.15) is 0 Å². The standard InChI is InChI=1S/C16H15ClN2O4.Fe/c1-22-16-15(7-13(8-18-16)19(20)21)11-4-12(17)6-14(5-11)23-9-10-2-3-10;/h4-8,10H,2-3,9H2,1H3;. The van der Waals surface area contributed by atoms with Crippen LogP contribution < -0.4 is 9.47 Å². The zero-order chi connectivity index (χ0) is 16.4. The number of pyridine rings is 1. The number of nitro groups is 1. The Labute approximate surface area is 154 Å². The molecule has 24 heavy (non-hydrogen) atoms. The number of aromatic nitrogens is 1. The Morgan fingerprint density at radius 1 is 1.33 bits per heavy atom. The van der Waals surface area contributed by atoms with Gasteiger partial charge in [0, 0.05) is 28.2 Å². The largest absolute Gasteiger partial charge is 0.493 e. The summed E-state index contributed by atoms with van der Waals surface area (Å²) < 4.78 is 10.9. The molecule has 0 atom stereocenters. The summed E-state index contributed by atoms with van der Waals surface area (Å²) in [6, 6.07) is 6.64. The predicted octanol–water partition coefficient (Wildman–Crippen LogP) is 4.11. The quantitative estimate of drug-likeness (QED) is 0.422. The molecule has 1 aliphatic carbocycles. The zero-order valence-electron chi connectivity index (χ0n) is 12.8. The van der Waals surface area contributed by atoms with E-state index in [0.717, 1.165) is 6.20 Å². The summed E-state index contributed by atoms with van der Waals surface area (Å²) in [6.45, 7) is 0.657. The van der Waals surface area contributed by atoms with Crippen LogP contribution in [0.15, 0.2) is 30.5 Å². The number of ether oxygens (including phenoxy) is 2. The molecule has 3 rings (SSSR count). The second-order valence-electron chi connectivity index (χ2n) is 5.44. The molecule has 0 N–H and O–H groups in total. The van der Waals surface area contributed by atoms with Crippen LogP contribution in [-0.4, -0.2) is 23.6 Å². The van der Waals surface area contributed by atoms with Gasteiger partial charge in [0.1, 0.15) is 11.9 Å². The fourth-order valence-corrected chi connectivity index (χ4v) is 2.44. The Hall–Kier alpha value is -1.82. The predicted molar refractivity (Wildman–Crippen MR) is 86.1 cm³/mol. The maximum Gasteiger partial charge on any atom is 0.288 e. The van der Waals surface area contributed by atoms with Crippen molar-refractivity contribution in [3.05, 3.63) is 45.6 Å². The van der Waals surface area contributed by atoms with Gasteiger partial charge < -0.3 is 9.47 Å². The Balaban J connectivity index is 0.00000208. The minimum Gasteiger partial charge on any atom is -0.493 e. The SMILES string of the molecule is COc1ncc([N+](=O)[O-])cc1-c1cc(Cl)cc(OCC2CC2)c1.[Fe]. The maximum atomic E-state index is 11.0. The van der Waals surface area contributed by atoms with E-state index in [2.05, 4.69) is 4.98 Å². The first-order valence-corrected chi connectivity index (χ1v) is 7.57. The maximum absolute atomic E-state index is 11.0. The molecular weight excluding hydrogens is 375 g/mol. The van der Waals surface area contributed by atoms with Crippen molar-refractivity contribution in [3.8, 4) is 22.8 Å². The van der Waals surface area contributed by atoms with Gasteiger partial charge in [-0.05, 0) is 42.5 Å².